The topological polar surface area (TPSA) is 67.6 Å². The lowest BCUT2D eigenvalue weighted by Gasteiger charge is -2.32. The van der Waals surface area contributed by atoms with Crippen LogP contribution in [0, 0.1) is 10.1 Å². The van der Waals surface area contributed by atoms with Crippen LogP contribution >= 0.6 is 15.9 Å². The SMILES string of the molecule is CCN1CCOC(CNCc2cc(Br)ccc2[N+](=O)[O-])C1. The second-order valence-electron chi connectivity index (χ2n) is 5.05. The summed E-state index contributed by atoms with van der Waals surface area (Å²) < 4.78 is 6.55. The van der Waals surface area contributed by atoms with E-state index in [0.29, 0.717) is 18.7 Å². The molecule has 0 amide bonds. The second-order valence-corrected chi connectivity index (χ2v) is 5.96. The minimum atomic E-state index is -0.348. The highest BCUT2D eigenvalue weighted by Gasteiger charge is 2.19. The van der Waals surface area contributed by atoms with E-state index in [1.54, 1.807) is 12.1 Å². The summed E-state index contributed by atoms with van der Waals surface area (Å²) in [5.41, 5.74) is 0.822. The van der Waals surface area contributed by atoms with Gasteiger partial charge in [-0.3, -0.25) is 15.0 Å². The summed E-state index contributed by atoms with van der Waals surface area (Å²) >= 11 is 3.35. The summed E-state index contributed by atoms with van der Waals surface area (Å²) in [6.45, 7) is 6.95. The van der Waals surface area contributed by atoms with E-state index in [0.717, 1.165) is 30.7 Å². The summed E-state index contributed by atoms with van der Waals surface area (Å²) in [5.74, 6) is 0. The van der Waals surface area contributed by atoms with E-state index >= 15 is 0 Å². The number of likely N-dealkylation sites (N-methyl/N-ethyl adjacent to an activating group) is 1. The molecule has 1 heterocycles. The van der Waals surface area contributed by atoms with Crippen LogP contribution < -0.4 is 5.32 Å². The molecule has 6 nitrogen and oxygen atoms in total. The summed E-state index contributed by atoms with van der Waals surface area (Å²) in [6, 6.07) is 4.99. The number of halogens is 1. The van der Waals surface area contributed by atoms with Gasteiger partial charge in [0, 0.05) is 42.3 Å². The van der Waals surface area contributed by atoms with Gasteiger partial charge in [-0.05, 0) is 18.7 Å². The Morgan fingerprint density at radius 3 is 3.10 bits per heavy atom. The number of benzene rings is 1. The van der Waals surface area contributed by atoms with Crippen LogP contribution in [0.2, 0.25) is 0 Å². The summed E-state index contributed by atoms with van der Waals surface area (Å²) in [7, 11) is 0. The molecular formula is C14H20BrN3O3. The van der Waals surface area contributed by atoms with Gasteiger partial charge < -0.3 is 10.1 Å². The Kier molecular flexibility index (Phi) is 6.10. The van der Waals surface area contributed by atoms with Crippen LogP contribution in [0.3, 0.4) is 0 Å². The summed E-state index contributed by atoms with van der Waals surface area (Å²) in [4.78, 5) is 13.0. The largest absolute Gasteiger partial charge is 0.374 e. The Labute approximate surface area is 132 Å². The Bertz CT molecular complexity index is 498. The lowest BCUT2D eigenvalue weighted by atomic mass is 10.1. The second kappa shape index (κ2) is 7.84. The van der Waals surface area contributed by atoms with Crippen molar-refractivity contribution in [3.05, 3.63) is 38.3 Å². The van der Waals surface area contributed by atoms with Gasteiger partial charge in [-0.25, -0.2) is 0 Å². The number of hydrogen-bond donors (Lipinski definition) is 1. The first-order chi connectivity index (χ1) is 10.1. The van der Waals surface area contributed by atoms with Crippen molar-refractivity contribution in [1.82, 2.24) is 10.2 Å². The van der Waals surface area contributed by atoms with Crippen molar-refractivity contribution >= 4 is 21.6 Å². The zero-order chi connectivity index (χ0) is 15.2. The number of ether oxygens (including phenoxy) is 1. The standard InChI is InChI=1S/C14H20BrN3O3/c1-2-17-5-6-21-13(10-17)9-16-8-11-7-12(15)3-4-14(11)18(19)20/h3-4,7,13,16H,2,5-6,8-10H2,1H3. The fraction of sp³-hybridized carbons (Fsp3) is 0.571. The Morgan fingerprint density at radius 2 is 2.38 bits per heavy atom. The smallest absolute Gasteiger partial charge is 0.273 e. The van der Waals surface area contributed by atoms with Gasteiger partial charge >= 0.3 is 0 Å². The van der Waals surface area contributed by atoms with Crippen molar-refractivity contribution in [2.24, 2.45) is 0 Å². The van der Waals surface area contributed by atoms with Crippen LogP contribution in [0.25, 0.3) is 0 Å². The van der Waals surface area contributed by atoms with Gasteiger partial charge in [0.15, 0.2) is 0 Å². The minimum Gasteiger partial charge on any atom is -0.374 e. The van der Waals surface area contributed by atoms with E-state index < -0.39 is 0 Å². The highest BCUT2D eigenvalue weighted by molar-refractivity contribution is 9.10. The molecule has 0 aromatic heterocycles. The van der Waals surface area contributed by atoms with Crippen molar-refractivity contribution < 1.29 is 9.66 Å². The molecule has 1 fully saturated rings. The minimum absolute atomic E-state index is 0.143. The Morgan fingerprint density at radius 1 is 1.57 bits per heavy atom. The monoisotopic (exact) mass is 357 g/mol. The molecule has 116 valence electrons. The van der Waals surface area contributed by atoms with E-state index in [9.17, 15) is 10.1 Å². The van der Waals surface area contributed by atoms with Crippen molar-refractivity contribution in [2.45, 2.75) is 19.6 Å². The Hall–Kier alpha value is -1.02. The molecule has 1 aromatic carbocycles. The van der Waals surface area contributed by atoms with Gasteiger partial charge in [0.05, 0.1) is 17.6 Å². The molecule has 1 aliphatic heterocycles. The summed E-state index contributed by atoms with van der Waals surface area (Å²) in [5, 5.41) is 14.3. The summed E-state index contributed by atoms with van der Waals surface area (Å²) in [6.07, 6.45) is 0.143. The van der Waals surface area contributed by atoms with Gasteiger partial charge in [0.1, 0.15) is 0 Å². The number of nitrogens with zero attached hydrogens (tertiary/aromatic N) is 2. The van der Waals surface area contributed by atoms with E-state index in [1.165, 1.54) is 6.07 Å². The highest BCUT2D eigenvalue weighted by Crippen LogP contribution is 2.22. The lowest BCUT2D eigenvalue weighted by molar-refractivity contribution is -0.385. The molecule has 21 heavy (non-hydrogen) atoms. The molecule has 1 atom stereocenters. The number of nitro groups is 1. The number of nitrogens with one attached hydrogen (secondary N) is 1. The zero-order valence-electron chi connectivity index (χ0n) is 12.0. The van der Waals surface area contributed by atoms with Crippen LogP contribution in [-0.4, -0.2) is 48.7 Å². The molecule has 0 aliphatic carbocycles. The van der Waals surface area contributed by atoms with Crippen LogP contribution in [0.4, 0.5) is 5.69 Å². The molecular weight excluding hydrogens is 338 g/mol. The number of rotatable bonds is 6. The molecule has 1 saturated heterocycles. The van der Waals surface area contributed by atoms with Crippen molar-refractivity contribution in [3.8, 4) is 0 Å². The first-order valence-electron chi connectivity index (χ1n) is 7.07. The molecule has 1 aliphatic rings. The first-order valence-corrected chi connectivity index (χ1v) is 7.87. The van der Waals surface area contributed by atoms with Crippen LogP contribution in [-0.2, 0) is 11.3 Å². The van der Waals surface area contributed by atoms with Gasteiger partial charge in [-0.15, -0.1) is 0 Å². The van der Waals surface area contributed by atoms with Gasteiger partial charge in [-0.1, -0.05) is 22.9 Å². The third kappa shape index (κ3) is 4.74. The fourth-order valence-electron chi connectivity index (χ4n) is 2.43. The molecule has 1 N–H and O–H groups in total. The van der Waals surface area contributed by atoms with Crippen molar-refractivity contribution in [2.75, 3.05) is 32.8 Å². The van der Waals surface area contributed by atoms with Gasteiger partial charge in [-0.2, -0.15) is 0 Å². The van der Waals surface area contributed by atoms with E-state index in [-0.39, 0.29) is 16.7 Å². The molecule has 1 unspecified atom stereocenters. The maximum atomic E-state index is 11.0. The first kappa shape index (κ1) is 16.4. The van der Waals surface area contributed by atoms with Crippen LogP contribution in [0.5, 0.6) is 0 Å². The predicted molar refractivity (Wildman–Crippen MR) is 84.4 cm³/mol. The molecule has 0 bridgehead atoms. The normalized spacial score (nSPS) is 19.6. The molecule has 2 rings (SSSR count). The zero-order valence-corrected chi connectivity index (χ0v) is 13.6. The maximum absolute atomic E-state index is 11.0. The maximum Gasteiger partial charge on any atom is 0.273 e. The number of morpholine rings is 1. The third-order valence-electron chi connectivity index (χ3n) is 3.60. The fourth-order valence-corrected chi connectivity index (χ4v) is 2.84. The average Bonchev–Trinajstić information content (AvgIpc) is 2.47. The van der Waals surface area contributed by atoms with E-state index in [2.05, 4.69) is 33.1 Å². The van der Waals surface area contributed by atoms with Gasteiger partial charge in [0.25, 0.3) is 5.69 Å². The number of hydrogen-bond acceptors (Lipinski definition) is 5. The third-order valence-corrected chi connectivity index (χ3v) is 4.09. The predicted octanol–water partition coefficient (Wildman–Crippen LogP) is 2.17. The Balaban J connectivity index is 1.88. The molecule has 0 spiro atoms. The molecule has 7 heteroatoms. The van der Waals surface area contributed by atoms with Crippen LogP contribution in [0.15, 0.2) is 22.7 Å². The van der Waals surface area contributed by atoms with Crippen LogP contribution in [0.1, 0.15) is 12.5 Å². The number of nitro benzene ring substituents is 1. The molecule has 1 aromatic rings. The lowest BCUT2D eigenvalue weighted by Crippen LogP contribution is -2.46. The average molecular weight is 358 g/mol. The van der Waals surface area contributed by atoms with Crippen molar-refractivity contribution in [3.63, 3.8) is 0 Å². The molecule has 0 radical (unpaired) electrons. The van der Waals surface area contributed by atoms with E-state index in [1.807, 2.05) is 0 Å². The van der Waals surface area contributed by atoms with Gasteiger partial charge in [0.2, 0.25) is 0 Å². The molecule has 0 saturated carbocycles. The van der Waals surface area contributed by atoms with E-state index in [4.69, 9.17) is 4.74 Å². The highest BCUT2D eigenvalue weighted by atomic mass is 79.9. The quantitative estimate of drug-likeness (QED) is 0.624. The van der Waals surface area contributed by atoms with Crippen molar-refractivity contribution in [1.29, 1.82) is 0 Å².